The maximum atomic E-state index is 12.6. The quantitative estimate of drug-likeness (QED) is 0.881. The van der Waals surface area contributed by atoms with Gasteiger partial charge in [0.05, 0.1) is 0 Å². The van der Waals surface area contributed by atoms with Gasteiger partial charge < -0.3 is 10.2 Å². The predicted octanol–water partition coefficient (Wildman–Crippen LogP) is 4.47. The molecule has 4 nitrogen and oxygen atoms in total. The fourth-order valence-electron chi connectivity index (χ4n) is 2.29. The minimum Gasteiger partial charge on any atom is -0.369 e. The van der Waals surface area contributed by atoms with Crippen LogP contribution in [-0.2, 0) is 6.18 Å². The lowest BCUT2D eigenvalue weighted by Gasteiger charge is -2.27. The van der Waals surface area contributed by atoms with Crippen LogP contribution in [0, 0.1) is 0 Å². The molecule has 0 aliphatic rings. The number of halogens is 3. The van der Waals surface area contributed by atoms with Gasteiger partial charge in [0.25, 0.3) is 0 Å². The summed E-state index contributed by atoms with van der Waals surface area (Å²) in [5.74, 6) is -0.0798. The summed E-state index contributed by atoms with van der Waals surface area (Å²) in [5.41, 5.74) is 0.717. The Hall–Kier alpha value is -2.31. The molecular weight excluding hydrogens is 305 g/mol. The number of hydrogen-bond acceptors (Lipinski definition) is 4. The maximum Gasteiger partial charge on any atom is 0.433 e. The Labute approximate surface area is 133 Å². The van der Waals surface area contributed by atoms with E-state index in [2.05, 4.69) is 41.0 Å². The van der Waals surface area contributed by atoms with Gasteiger partial charge in [-0.15, -0.1) is 0 Å². The Morgan fingerprint density at radius 2 is 1.78 bits per heavy atom. The Kier molecular flexibility index (Phi) is 5.08. The van der Waals surface area contributed by atoms with E-state index in [1.807, 2.05) is 12.1 Å². The van der Waals surface area contributed by atoms with Crippen LogP contribution in [0.3, 0.4) is 0 Å². The number of nitrogens with one attached hydrogen (secondary N) is 1. The summed E-state index contributed by atoms with van der Waals surface area (Å²) in [6.07, 6.45) is -3.40. The van der Waals surface area contributed by atoms with Crippen molar-refractivity contribution in [3.63, 3.8) is 0 Å². The van der Waals surface area contributed by atoms with Gasteiger partial charge in [0.1, 0.15) is 5.69 Å². The highest BCUT2D eigenvalue weighted by atomic mass is 19.4. The molecule has 0 amide bonds. The first-order valence-corrected chi connectivity index (χ1v) is 7.35. The van der Waals surface area contributed by atoms with Crippen LogP contribution in [0.15, 0.2) is 36.5 Å². The average Bonchev–Trinajstić information content (AvgIpc) is 2.49. The van der Waals surface area contributed by atoms with E-state index in [0.29, 0.717) is 11.7 Å². The van der Waals surface area contributed by atoms with E-state index in [-0.39, 0.29) is 5.95 Å². The molecule has 2 rings (SSSR count). The second-order valence-corrected chi connectivity index (χ2v) is 5.31. The molecule has 0 aliphatic heterocycles. The first-order valence-electron chi connectivity index (χ1n) is 7.35. The third-order valence-electron chi connectivity index (χ3n) is 3.37. The summed E-state index contributed by atoms with van der Waals surface area (Å²) in [4.78, 5) is 9.51. The number of alkyl halides is 3. The molecule has 1 aromatic heterocycles. The summed E-state index contributed by atoms with van der Waals surface area (Å²) in [7, 11) is 0. The van der Waals surface area contributed by atoms with E-state index in [9.17, 15) is 13.2 Å². The molecule has 0 aliphatic carbocycles. The lowest BCUT2D eigenvalue weighted by Crippen LogP contribution is -2.30. The van der Waals surface area contributed by atoms with Gasteiger partial charge in [-0.2, -0.15) is 13.2 Å². The van der Waals surface area contributed by atoms with Crippen LogP contribution in [0.4, 0.5) is 30.5 Å². The van der Waals surface area contributed by atoms with Gasteiger partial charge in [0.15, 0.2) is 0 Å². The first kappa shape index (κ1) is 17.1. The van der Waals surface area contributed by atoms with Gasteiger partial charge in [0, 0.05) is 30.2 Å². The van der Waals surface area contributed by atoms with Gasteiger partial charge >= 0.3 is 6.18 Å². The Balaban J connectivity index is 2.15. The van der Waals surface area contributed by atoms with Crippen molar-refractivity contribution in [3.05, 3.63) is 42.2 Å². The van der Waals surface area contributed by atoms with Crippen LogP contribution >= 0.6 is 0 Å². The standard InChI is InChI=1S/C16H19F3N4/c1-4-23(11(2)3)13-7-5-12(6-8-13)21-15-20-10-9-14(22-15)16(17,18)19/h5-11H,4H2,1-3H3,(H,20,21,22). The van der Waals surface area contributed by atoms with Crippen LogP contribution in [0.25, 0.3) is 0 Å². The minimum absolute atomic E-state index is 0.0798. The van der Waals surface area contributed by atoms with Crippen molar-refractivity contribution < 1.29 is 13.2 Å². The normalized spacial score (nSPS) is 11.6. The van der Waals surface area contributed by atoms with Crippen molar-refractivity contribution in [3.8, 4) is 0 Å². The van der Waals surface area contributed by atoms with E-state index in [1.54, 1.807) is 12.1 Å². The highest BCUT2D eigenvalue weighted by molar-refractivity contribution is 5.59. The monoisotopic (exact) mass is 324 g/mol. The van der Waals surface area contributed by atoms with Crippen LogP contribution in [-0.4, -0.2) is 22.6 Å². The van der Waals surface area contributed by atoms with E-state index in [0.717, 1.165) is 24.5 Å². The molecule has 0 radical (unpaired) electrons. The Bertz CT molecular complexity index is 639. The Morgan fingerprint density at radius 3 is 2.30 bits per heavy atom. The Morgan fingerprint density at radius 1 is 1.13 bits per heavy atom. The zero-order valence-electron chi connectivity index (χ0n) is 13.2. The predicted molar refractivity (Wildman–Crippen MR) is 84.9 cm³/mol. The molecule has 0 bridgehead atoms. The molecule has 0 spiro atoms. The van der Waals surface area contributed by atoms with Crippen molar-refractivity contribution in [1.29, 1.82) is 0 Å². The summed E-state index contributed by atoms with van der Waals surface area (Å²) >= 11 is 0. The number of rotatable bonds is 5. The molecule has 1 aromatic carbocycles. The molecular formula is C16H19F3N4. The van der Waals surface area contributed by atoms with Crippen molar-refractivity contribution in [2.45, 2.75) is 33.0 Å². The molecule has 0 atom stereocenters. The third kappa shape index (κ3) is 4.34. The second kappa shape index (κ2) is 6.85. The van der Waals surface area contributed by atoms with Crippen molar-refractivity contribution >= 4 is 17.3 Å². The van der Waals surface area contributed by atoms with Gasteiger partial charge in [-0.05, 0) is 51.1 Å². The molecule has 2 aromatic rings. The molecule has 1 N–H and O–H groups in total. The summed E-state index contributed by atoms with van der Waals surface area (Å²) in [6.45, 7) is 7.15. The molecule has 7 heteroatoms. The lowest BCUT2D eigenvalue weighted by atomic mass is 10.2. The van der Waals surface area contributed by atoms with Gasteiger partial charge in [-0.3, -0.25) is 0 Å². The fraction of sp³-hybridized carbons (Fsp3) is 0.375. The molecule has 0 fully saturated rings. The summed E-state index contributed by atoms with van der Waals surface area (Å²) in [6, 6.07) is 8.63. The van der Waals surface area contributed by atoms with Gasteiger partial charge in [-0.1, -0.05) is 0 Å². The molecule has 1 heterocycles. The summed E-state index contributed by atoms with van der Waals surface area (Å²) in [5, 5.41) is 2.79. The van der Waals surface area contributed by atoms with Crippen molar-refractivity contribution in [2.24, 2.45) is 0 Å². The van der Waals surface area contributed by atoms with Crippen molar-refractivity contribution in [2.75, 3.05) is 16.8 Å². The SMILES string of the molecule is CCN(c1ccc(Nc2nccc(C(F)(F)F)n2)cc1)C(C)C. The highest BCUT2D eigenvalue weighted by Gasteiger charge is 2.32. The molecule has 23 heavy (non-hydrogen) atoms. The summed E-state index contributed by atoms with van der Waals surface area (Å²) < 4.78 is 37.9. The van der Waals surface area contributed by atoms with Crippen molar-refractivity contribution in [1.82, 2.24) is 9.97 Å². The first-order chi connectivity index (χ1) is 10.8. The minimum atomic E-state index is -4.48. The fourth-order valence-corrected chi connectivity index (χ4v) is 2.29. The maximum absolute atomic E-state index is 12.6. The molecule has 0 saturated heterocycles. The zero-order chi connectivity index (χ0) is 17.0. The lowest BCUT2D eigenvalue weighted by molar-refractivity contribution is -0.141. The smallest absolute Gasteiger partial charge is 0.369 e. The third-order valence-corrected chi connectivity index (χ3v) is 3.37. The number of nitrogens with zero attached hydrogens (tertiary/aromatic N) is 3. The van der Waals surface area contributed by atoms with Crippen LogP contribution in [0.5, 0.6) is 0 Å². The van der Waals surface area contributed by atoms with E-state index in [4.69, 9.17) is 0 Å². The molecule has 0 saturated carbocycles. The van der Waals surface area contributed by atoms with Crippen LogP contribution < -0.4 is 10.2 Å². The molecule has 0 unspecified atom stereocenters. The zero-order valence-corrected chi connectivity index (χ0v) is 13.2. The topological polar surface area (TPSA) is 41.0 Å². The average molecular weight is 324 g/mol. The van der Waals surface area contributed by atoms with Gasteiger partial charge in [0.2, 0.25) is 5.95 Å². The second-order valence-electron chi connectivity index (χ2n) is 5.31. The highest BCUT2D eigenvalue weighted by Crippen LogP contribution is 2.28. The number of benzene rings is 1. The van der Waals surface area contributed by atoms with E-state index < -0.39 is 11.9 Å². The van der Waals surface area contributed by atoms with Gasteiger partial charge in [-0.25, -0.2) is 9.97 Å². The van der Waals surface area contributed by atoms with E-state index >= 15 is 0 Å². The number of hydrogen-bond donors (Lipinski definition) is 1. The largest absolute Gasteiger partial charge is 0.433 e. The number of aromatic nitrogens is 2. The van der Waals surface area contributed by atoms with Crippen LogP contribution in [0.2, 0.25) is 0 Å². The molecule has 124 valence electrons. The van der Waals surface area contributed by atoms with E-state index in [1.165, 1.54) is 0 Å². The van der Waals surface area contributed by atoms with Crippen LogP contribution in [0.1, 0.15) is 26.5 Å². The number of anilines is 3.